The lowest BCUT2D eigenvalue weighted by molar-refractivity contribution is -0.120. The number of hydrogen-bond donors (Lipinski definition) is 2. The molecule has 1 rings (SSSR count). The lowest BCUT2D eigenvalue weighted by Crippen LogP contribution is -2.36. The summed E-state index contributed by atoms with van der Waals surface area (Å²) in [6.45, 7) is 6.27. The molecule has 18 heavy (non-hydrogen) atoms. The summed E-state index contributed by atoms with van der Waals surface area (Å²) in [6.07, 6.45) is 3.81. The Balaban J connectivity index is 2.27. The van der Waals surface area contributed by atoms with Crippen molar-refractivity contribution in [2.45, 2.75) is 26.4 Å². The highest BCUT2D eigenvalue weighted by molar-refractivity contribution is 5.77. The van der Waals surface area contributed by atoms with E-state index in [1.807, 2.05) is 30.9 Å². The molecule has 1 aromatic heterocycles. The smallest absolute Gasteiger partial charge is 0.234 e. The minimum absolute atomic E-state index is 0.0261. The van der Waals surface area contributed by atoms with Crippen LogP contribution in [0, 0.1) is 0 Å². The number of hydrogen-bond acceptors (Lipinski definition) is 4. The maximum Gasteiger partial charge on any atom is 0.234 e. The first-order chi connectivity index (χ1) is 8.67. The maximum absolute atomic E-state index is 11.5. The van der Waals surface area contributed by atoms with Crippen LogP contribution in [0.25, 0.3) is 0 Å². The molecule has 1 unspecified atom stereocenters. The molecule has 0 saturated heterocycles. The van der Waals surface area contributed by atoms with Gasteiger partial charge in [-0.25, -0.2) is 0 Å². The lowest BCUT2D eigenvalue weighted by Gasteiger charge is -2.11. The first-order valence-electron chi connectivity index (χ1n) is 6.18. The number of rotatable bonds is 8. The quantitative estimate of drug-likeness (QED) is 0.655. The second-order valence-corrected chi connectivity index (χ2v) is 4.07. The van der Waals surface area contributed by atoms with E-state index in [1.165, 1.54) is 0 Å². The number of carbonyl (C=O) groups excluding carboxylic acids is 1. The molecule has 1 amide bonds. The Kier molecular flexibility index (Phi) is 6.38. The monoisotopic (exact) mass is 254 g/mol. The zero-order chi connectivity index (χ0) is 13.4. The number of methoxy groups -OCH3 is 1. The maximum atomic E-state index is 11.5. The Morgan fingerprint density at radius 2 is 2.39 bits per heavy atom. The number of nitrogens with one attached hydrogen (secondary N) is 2. The van der Waals surface area contributed by atoms with Crippen molar-refractivity contribution in [3.8, 4) is 0 Å². The van der Waals surface area contributed by atoms with Gasteiger partial charge in [0, 0.05) is 38.0 Å². The molecular weight excluding hydrogens is 232 g/mol. The van der Waals surface area contributed by atoms with Gasteiger partial charge < -0.3 is 15.4 Å². The molecule has 0 radical (unpaired) electrons. The Hall–Kier alpha value is -1.40. The molecular formula is C12H22N4O2. The van der Waals surface area contributed by atoms with E-state index >= 15 is 0 Å². The summed E-state index contributed by atoms with van der Waals surface area (Å²) >= 11 is 0. The molecule has 2 N–H and O–H groups in total. The third-order valence-electron chi connectivity index (χ3n) is 2.67. The van der Waals surface area contributed by atoms with E-state index in [1.54, 1.807) is 7.11 Å². The summed E-state index contributed by atoms with van der Waals surface area (Å²) in [5, 5.41) is 10.1. The summed E-state index contributed by atoms with van der Waals surface area (Å²) in [6, 6.07) is 0.110. The van der Waals surface area contributed by atoms with Crippen molar-refractivity contribution in [2.24, 2.45) is 0 Å². The molecule has 6 nitrogen and oxygen atoms in total. The third-order valence-corrected chi connectivity index (χ3v) is 2.67. The average molecular weight is 254 g/mol. The van der Waals surface area contributed by atoms with Gasteiger partial charge in [-0.1, -0.05) is 0 Å². The van der Waals surface area contributed by atoms with Gasteiger partial charge >= 0.3 is 0 Å². The molecule has 1 atom stereocenters. The molecule has 1 heterocycles. The Morgan fingerprint density at radius 1 is 1.61 bits per heavy atom. The van der Waals surface area contributed by atoms with Crippen LogP contribution in [-0.4, -0.2) is 42.5 Å². The summed E-state index contributed by atoms with van der Waals surface area (Å²) in [5.74, 6) is -0.0261. The summed E-state index contributed by atoms with van der Waals surface area (Å²) in [7, 11) is 1.61. The van der Waals surface area contributed by atoms with Crippen LogP contribution in [0.5, 0.6) is 0 Å². The first kappa shape index (κ1) is 14.7. The van der Waals surface area contributed by atoms with E-state index in [-0.39, 0.29) is 11.9 Å². The average Bonchev–Trinajstić information content (AvgIpc) is 2.85. The summed E-state index contributed by atoms with van der Waals surface area (Å²) in [4.78, 5) is 11.5. The van der Waals surface area contributed by atoms with Crippen LogP contribution in [0.1, 0.15) is 25.5 Å². The van der Waals surface area contributed by atoms with Crippen LogP contribution < -0.4 is 10.6 Å². The van der Waals surface area contributed by atoms with Gasteiger partial charge in [0.25, 0.3) is 0 Å². The SMILES string of the molecule is CCn1cc(C(C)NCC(=O)NCCOC)cn1. The van der Waals surface area contributed by atoms with Gasteiger partial charge in [0.05, 0.1) is 19.3 Å². The topological polar surface area (TPSA) is 68.2 Å². The fourth-order valence-electron chi connectivity index (χ4n) is 1.49. The van der Waals surface area contributed by atoms with Gasteiger partial charge in [0.15, 0.2) is 0 Å². The summed E-state index contributed by atoms with van der Waals surface area (Å²) < 4.78 is 6.72. The van der Waals surface area contributed by atoms with Crippen molar-refractivity contribution in [3.63, 3.8) is 0 Å². The van der Waals surface area contributed by atoms with Crippen molar-refractivity contribution >= 4 is 5.91 Å². The minimum Gasteiger partial charge on any atom is -0.383 e. The molecule has 6 heteroatoms. The van der Waals surface area contributed by atoms with Crippen LogP contribution in [0.3, 0.4) is 0 Å². The highest BCUT2D eigenvalue weighted by Crippen LogP contribution is 2.09. The Labute approximate surface area is 108 Å². The first-order valence-corrected chi connectivity index (χ1v) is 6.18. The second kappa shape index (κ2) is 7.84. The van der Waals surface area contributed by atoms with E-state index in [4.69, 9.17) is 4.74 Å². The Morgan fingerprint density at radius 3 is 3.00 bits per heavy atom. The van der Waals surface area contributed by atoms with Crippen LogP contribution in [0.15, 0.2) is 12.4 Å². The van der Waals surface area contributed by atoms with Crippen molar-refractivity contribution in [2.75, 3.05) is 26.8 Å². The van der Waals surface area contributed by atoms with Gasteiger partial charge in [-0.2, -0.15) is 5.10 Å². The van der Waals surface area contributed by atoms with Crippen molar-refractivity contribution in [1.82, 2.24) is 20.4 Å². The number of aromatic nitrogens is 2. The van der Waals surface area contributed by atoms with Crippen LogP contribution >= 0.6 is 0 Å². The van der Waals surface area contributed by atoms with Gasteiger partial charge in [-0.3, -0.25) is 9.48 Å². The number of nitrogens with zero attached hydrogens (tertiary/aromatic N) is 2. The largest absolute Gasteiger partial charge is 0.383 e. The molecule has 0 fully saturated rings. The van der Waals surface area contributed by atoms with Gasteiger partial charge in [-0.05, 0) is 13.8 Å². The van der Waals surface area contributed by atoms with E-state index < -0.39 is 0 Å². The highest BCUT2D eigenvalue weighted by Gasteiger charge is 2.09. The second-order valence-electron chi connectivity index (χ2n) is 4.07. The standard InChI is InChI=1S/C12H22N4O2/c1-4-16-9-11(7-15-16)10(2)14-8-12(17)13-5-6-18-3/h7,9-10,14H,4-6,8H2,1-3H3,(H,13,17). The molecule has 0 spiro atoms. The number of aryl methyl sites for hydroxylation is 1. The van der Waals surface area contributed by atoms with Gasteiger partial charge in [0.1, 0.15) is 0 Å². The predicted octanol–water partition coefficient (Wildman–Crippen LogP) is 0.316. The fraction of sp³-hybridized carbons (Fsp3) is 0.667. The zero-order valence-electron chi connectivity index (χ0n) is 11.3. The van der Waals surface area contributed by atoms with Crippen LogP contribution in [0.2, 0.25) is 0 Å². The van der Waals surface area contributed by atoms with E-state index in [2.05, 4.69) is 15.7 Å². The molecule has 1 aromatic rings. The number of amides is 1. The molecule has 0 bridgehead atoms. The van der Waals surface area contributed by atoms with Gasteiger partial charge in [0.2, 0.25) is 5.91 Å². The van der Waals surface area contributed by atoms with Gasteiger partial charge in [-0.15, -0.1) is 0 Å². The molecule has 0 aliphatic rings. The Bertz CT molecular complexity index is 365. The van der Waals surface area contributed by atoms with E-state index in [9.17, 15) is 4.79 Å². The third kappa shape index (κ3) is 4.85. The van der Waals surface area contributed by atoms with E-state index in [0.29, 0.717) is 19.7 Å². The van der Waals surface area contributed by atoms with Crippen LogP contribution in [-0.2, 0) is 16.1 Å². The van der Waals surface area contributed by atoms with E-state index in [0.717, 1.165) is 12.1 Å². The molecule has 0 aliphatic heterocycles. The normalized spacial score (nSPS) is 12.4. The van der Waals surface area contributed by atoms with Crippen molar-refractivity contribution in [3.05, 3.63) is 18.0 Å². The highest BCUT2D eigenvalue weighted by atomic mass is 16.5. The molecule has 102 valence electrons. The molecule has 0 aromatic carbocycles. The number of ether oxygens (including phenoxy) is 1. The molecule has 0 saturated carbocycles. The fourth-order valence-corrected chi connectivity index (χ4v) is 1.49. The molecule has 0 aliphatic carbocycles. The van der Waals surface area contributed by atoms with Crippen molar-refractivity contribution in [1.29, 1.82) is 0 Å². The lowest BCUT2D eigenvalue weighted by atomic mass is 10.2. The number of carbonyl (C=O) groups is 1. The minimum atomic E-state index is -0.0261. The van der Waals surface area contributed by atoms with Crippen molar-refractivity contribution < 1.29 is 9.53 Å². The van der Waals surface area contributed by atoms with Crippen LogP contribution in [0.4, 0.5) is 0 Å². The zero-order valence-corrected chi connectivity index (χ0v) is 11.3. The predicted molar refractivity (Wildman–Crippen MR) is 69.2 cm³/mol. The summed E-state index contributed by atoms with van der Waals surface area (Å²) in [5.41, 5.74) is 1.08.